The molecule has 0 aliphatic heterocycles. The van der Waals surface area contributed by atoms with E-state index in [1.807, 2.05) is 13.8 Å². The predicted molar refractivity (Wildman–Crippen MR) is 83.8 cm³/mol. The van der Waals surface area contributed by atoms with Crippen LogP contribution in [0.25, 0.3) is 0 Å². The number of carbonyl (C=O) groups is 1. The summed E-state index contributed by atoms with van der Waals surface area (Å²) in [6, 6.07) is 5.36. The van der Waals surface area contributed by atoms with Gasteiger partial charge in [0.1, 0.15) is 5.75 Å². The van der Waals surface area contributed by atoms with E-state index in [2.05, 4.69) is 13.8 Å². The third kappa shape index (κ3) is 4.44. The summed E-state index contributed by atoms with van der Waals surface area (Å²) >= 11 is 0. The van der Waals surface area contributed by atoms with Gasteiger partial charge in [0.2, 0.25) is 0 Å². The van der Waals surface area contributed by atoms with Gasteiger partial charge in [-0.3, -0.25) is 9.00 Å². The van der Waals surface area contributed by atoms with Gasteiger partial charge in [0.15, 0.2) is 5.78 Å². The fraction of sp³-hybridized carbons (Fsp3) is 0.562. The van der Waals surface area contributed by atoms with E-state index in [0.717, 1.165) is 11.3 Å². The summed E-state index contributed by atoms with van der Waals surface area (Å²) in [6.45, 7) is 10.1. The first kappa shape index (κ1) is 16.9. The zero-order chi connectivity index (χ0) is 15.3. The van der Waals surface area contributed by atoms with Crippen LogP contribution in [0.15, 0.2) is 18.2 Å². The molecule has 2 atom stereocenters. The molecule has 1 aromatic rings. The summed E-state index contributed by atoms with van der Waals surface area (Å²) in [5, 5.41) is 0.116. The summed E-state index contributed by atoms with van der Waals surface area (Å²) in [4.78, 5) is 11.5. The lowest BCUT2D eigenvalue weighted by Crippen LogP contribution is -2.19. The van der Waals surface area contributed by atoms with E-state index < -0.39 is 10.8 Å². The molecule has 0 fully saturated rings. The topological polar surface area (TPSA) is 43.4 Å². The molecular weight excluding hydrogens is 272 g/mol. The molecule has 0 aliphatic rings. The maximum absolute atomic E-state index is 12.4. The molecule has 0 aromatic heterocycles. The van der Waals surface area contributed by atoms with Gasteiger partial charge >= 0.3 is 0 Å². The molecule has 4 heteroatoms. The van der Waals surface area contributed by atoms with Crippen LogP contribution in [-0.4, -0.2) is 21.8 Å². The van der Waals surface area contributed by atoms with Crippen molar-refractivity contribution in [2.24, 2.45) is 5.92 Å². The van der Waals surface area contributed by atoms with Crippen molar-refractivity contribution in [3.63, 3.8) is 0 Å². The fourth-order valence-electron chi connectivity index (χ4n) is 1.80. The zero-order valence-corrected chi connectivity index (χ0v) is 13.8. The molecule has 0 saturated heterocycles. The largest absolute Gasteiger partial charge is 0.494 e. The predicted octanol–water partition coefficient (Wildman–Crippen LogP) is 3.58. The average molecular weight is 296 g/mol. The Labute approximate surface area is 124 Å². The highest BCUT2D eigenvalue weighted by molar-refractivity contribution is 7.84. The van der Waals surface area contributed by atoms with Crippen LogP contribution in [0.1, 0.15) is 50.5 Å². The monoisotopic (exact) mass is 296 g/mol. The number of ketones is 1. The molecule has 0 spiro atoms. The Morgan fingerprint density at radius 3 is 2.45 bits per heavy atom. The number of Topliss-reactive ketones (excluding diaryl/α,β-unsaturated/α-hetero) is 1. The van der Waals surface area contributed by atoms with Gasteiger partial charge in [0, 0.05) is 27.2 Å². The minimum atomic E-state index is -0.973. The van der Waals surface area contributed by atoms with Crippen molar-refractivity contribution in [2.45, 2.75) is 45.6 Å². The van der Waals surface area contributed by atoms with Crippen LogP contribution < -0.4 is 4.74 Å². The smallest absolute Gasteiger partial charge is 0.159 e. The molecule has 0 radical (unpaired) electrons. The molecule has 0 heterocycles. The highest BCUT2D eigenvalue weighted by Gasteiger charge is 2.18. The van der Waals surface area contributed by atoms with Gasteiger partial charge < -0.3 is 4.74 Å². The van der Waals surface area contributed by atoms with Crippen molar-refractivity contribution in [2.75, 3.05) is 6.61 Å². The Kier molecular flexibility index (Phi) is 6.40. The van der Waals surface area contributed by atoms with Crippen molar-refractivity contribution < 1.29 is 13.7 Å². The maximum Gasteiger partial charge on any atom is 0.159 e. The molecule has 0 N–H and O–H groups in total. The van der Waals surface area contributed by atoms with Gasteiger partial charge in [-0.25, -0.2) is 0 Å². The van der Waals surface area contributed by atoms with Crippen molar-refractivity contribution in [3.8, 4) is 5.75 Å². The molecule has 112 valence electrons. The van der Waals surface area contributed by atoms with E-state index in [1.165, 1.54) is 6.92 Å². The van der Waals surface area contributed by atoms with Gasteiger partial charge in [0.25, 0.3) is 0 Å². The molecule has 1 aromatic carbocycles. The molecule has 20 heavy (non-hydrogen) atoms. The second kappa shape index (κ2) is 7.58. The first-order chi connectivity index (χ1) is 9.36. The van der Waals surface area contributed by atoms with E-state index in [-0.39, 0.29) is 11.0 Å². The van der Waals surface area contributed by atoms with E-state index >= 15 is 0 Å². The molecule has 2 unspecified atom stereocenters. The summed E-state index contributed by atoms with van der Waals surface area (Å²) in [7, 11) is -0.973. The average Bonchev–Trinajstić information content (AvgIpc) is 2.39. The van der Waals surface area contributed by atoms with Gasteiger partial charge in [-0.15, -0.1) is 0 Å². The summed E-state index contributed by atoms with van der Waals surface area (Å²) in [5.74, 6) is 1.52. The van der Waals surface area contributed by atoms with Crippen LogP contribution in [-0.2, 0) is 16.6 Å². The van der Waals surface area contributed by atoms with Crippen LogP contribution in [0.5, 0.6) is 5.75 Å². The van der Waals surface area contributed by atoms with Crippen molar-refractivity contribution >= 4 is 16.6 Å². The Balaban J connectivity index is 3.03. The SMILES string of the molecule is CCOc1ccc(C(C)=O)cc1CS(=O)C(C)C(C)C. The lowest BCUT2D eigenvalue weighted by atomic mass is 10.1. The van der Waals surface area contributed by atoms with Gasteiger partial charge in [-0.2, -0.15) is 0 Å². The molecule has 0 amide bonds. The summed E-state index contributed by atoms with van der Waals surface area (Å²) in [6.07, 6.45) is 0. The maximum atomic E-state index is 12.4. The molecule has 0 saturated carbocycles. The van der Waals surface area contributed by atoms with E-state index in [0.29, 0.717) is 23.8 Å². The normalized spacial score (nSPS) is 14.1. The number of benzene rings is 1. The number of rotatable bonds is 7. The second-order valence-electron chi connectivity index (χ2n) is 5.29. The van der Waals surface area contributed by atoms with Gasteiger partial charge in [-0.1, -0.05) is 20.8 Å². The molecule has 3 nitrogen and oxygen atoms in total. The van der Waals surface area contributed by atoms with Crippen molar-refractivity contribution in [1.29, 1.82) is 0 Å². The van der Waals surface area contributed by atoms with Crippen molar-refractivity contribution in [3.05, 3.63) is 29.3 Å². The van der Waals surface area contributed by atoms with Crippen LogP contribution in [0, 0.1) is 5.92 Å². The number of hydrogen-bond donors (Lipinski definition) is 0. The molecule has 1 rings (SSSR count). The van der Waals surface area contributed by atoms with E-state index in [9.17, 15) is 9.00 Å². The molecule has 0 bridgehead atoms. The number of ether oxygens (including phenoxy) is 1. The first-order valence-corrected chi connectivity index (χ1v) is 8.38. The summed E-state index contributed by atoms with van der Waals surface area (Å²) < 4.78 is 17.9. The van der Waals surface area contributed by atoms with Gasteiger partial charge in [0.05, 0.1) is 12.4 Å². The summed E-state index contributed by atoms with van der Waals surface area (Å²) in [5.41, 5.74) is 1.49. The van der Waals surface area contributed by atoms with Crippen LogP contribution >= 0.6 is 0 Å². The molecule has 0 aliphatic carbocycles. The third-order valence-corrected chi connectivity index (χ3v) is 5.39. The quantitative estimate of drug-likeness (QED) is 0.722. The Morgan fingerprint density at radius 1 is 1.30 bits per heavy atom. The Morgan fingerprint density at radius 2 is 1.95 bits per heavy atom. The fourth-order valence-corrected chi connectivity index (χ4v) is 3.20. The molecular formula is C16H24O3S. The van der Waals surface area contributed by atoms with Crippen LogP contribution in [0.3, 0.4) is 0 Å². The first-order valence-electron chi connectivity index (χ1n) is 7.00. The Bertz CT molecular complexity index is 494. The van der Waals surface area contributed by atoms with Gasteiger partial charge in [-0.05, 0) is 38.0 Å². The zero-order valence-electron chi connectivity index (χ0n) is 12.9. The minimum Gasteiger partial charge on any atom is -0.494 e. The standard InChI is InChI=1S/C16H24O3S/c1-6-19-16-8-7-14(12(4)17)9-15(16)10-20(18)13(5)11(2)3/h7-9,11,13H,6,10H2,1-5H3. The number of carbonyl (C=O) groups excluding carboxylic acids is 1. The highest BCUT2D eigenvalue weighted by atomic mass is 32.2. The van der Waals surface area contributed by atoms with Crippen molar-refractivity contribution in [1.82, 2.24) is 0 Å². The second-order valence-corrected chi connectivity index (χ2v) is 7.08. The lowest BCUT2D eigenvalue weighted by Gasteiger charge is -2.17. The number of hydrogen-bond acceptors (Lipinski definition) is 3. The minimum absolute atomic E-state index is 0.0111. The lowest BCUT2D eigenvalue weighted by molar-refractivity contribution is 0.101. The van der Waals surface area contributed by atoms with Crippen LogP contribution in [0.4, 0.5) is 0 Å². The van der Waals surface area contributed by atoms with Crippen LogP contribution in [0.2, 0.25) is 0 Å². The highest BCUT2D eigenvalue weighted by Crippen LogP contribution is 2.24. The van der Waals surface area contributed by atoms with E-state index in [4.69, 9.17) is 4.74 Å². The van der Waals surface area contributed by atoms with E-state index in [1.54, 1.807) is 18.2 Å². The Hall–Kier alpha value is -1.16. The third-order valence-electron chi connectivity index (χ3n) is 3.42.